The van der Waals surface area contributed by atoms with Gasteiger partial charge in [0, 0.05) is 43.4 Å². The van der Waals surface area contributed by atoms with Crippen LogP contribution in [0.4, 0.5) is 0 Å². The van der Waals surface area contributed by atoms with Crippen LogP contribution in [0.15, 0.2) is 41.2 Å². The zero-order chi connectivity index (χ0) is 15.8. The average molecular weight is 308 g/mol. The van der Waals surface area contributed by atoms with Crippen molar-refractivity contribution in [3.8, 4) is 0 Å². The molecule has 0 aliphatic carbocycles. The van der Waals surface area contributed by atoms with Gasteiger partial charge in [0.15, 0.2) is 5.65 Å². The van der Waals surface area contributed by atoms with Gasteiger partial charge in [-0.3, -0.25) is 4.79 Å². The molecule has 0 N–H and O–H groups in total. The SMILES string of the molecule is Cc1cc2ncc3c(n2n1)CCN(C(=O)/C=C/c1ccco1)C3. The summed E-state index contributed by atoms with van der Waals surface area (Å²) in [7, 11) is 0. The number of nitrogens with zero attached hydrogens (tertiary/aromatic N) is 4. The summed E-state index contributed by atoms with van der Waals surface area (Å²) in [5.41, 5.74) is 4.00. The summed E-state index contributed by atoms with van der Waals surface area (Å²) in [5, 5.41) is 4.49. The highest BCUT2D eigenvalue weighted by molar-refractivity contribution is 5.91. The number of hydrogen-bond donors (Lipinski definition) is 0. The van der Waals surface area contributed by atoms with Crippen LogP contribution in [0.25, 0.3) is 11.7 Å². The van der Waals surface area contributed by atoms with Gasteiger partial charge in [-0.1, -0.05) is 0 Å². The first-order chi connectivity index (χ1) is 11.2. The van der Waals surface area contributed by atoms with E-state index in [1.54, 1.807) is 24.5 Å². The number of fused-ring (bicyclic) bond motifs is 3. The maximum Gasteiger partial charge on any atom is 0.247 e. The Morgan fingerprint density at radius 1 is 1.43 bits per heavy atom. The van der Waals surface area contributed by atoms with E-state index in [4.69, 9.17) is 4.42 Å². The zero-order valence-corrected chi connectivity index (χ0v) is 12.8. The zero-order valence-electron chi connectivity index (χ0n) is 12.8. The van der Waals surface area contributed by atoms with E-state index in [1.165, 1.54) is 0 Å². The first-order valence-corrected chi connectivity index (χ1v) is 7.54. The van der Waals surface area contributed by atoms with Gasteiger partial charge in [0.2, 0.25) is 5.91 Å². The molecule has 0 bridgehead atoms. The third-order valence-corrected chi connectivity index (χ3v) is 4.02. The number of furan rings is 1. The minimum Gasteiger partial charge on any atom is -0.465 e. The maximum atomic E-state index is 12.3. The molecular weight excluding hydrogens is 292 g/mol. The van der Waals surface area contributed by atoms with Crippen LogP contribution in [0.3, 0.4) is 0 Å². The van der Waals surface area contributed by atoms with Crippen LogP contribution in [0.1, 0.15) is 22.7 Å². The molecule has 3 aromatic rings. The molecule has 1 aliphatic rings. The standard InChI is InChI=1S/C17H16N4O2/c1-12-9-16-18-10-13-11-20(7-6-15(13)21(16)19-12)17(22)5-4-14-3-2-8-23-14/h2-5,8-10H,6-7,11H2,1H3/b5-4+. The van der Waals surface area contributed by atoms with Crippen LogP contribution in [0.5, 0.6) is 0 Å². The summed E-state index contributed by atoms with van der Waals surface area (Å²) in [4.78, 5) is 18.6. The molecule has 23 heavy (non-hydrogen) atoms. The van der Waals surface area contributed by atoms with E-state index in [-0.39, 0.29) is 5.91 Å². The lowest BCUT2D eigenvalue weighted by molar-refractivity contribution is -0.126. The van der Waals surface area contributed by atoms with Gasteiger partial charge in [-0.2, -0.15) is 5.10 Å². The smallest absolute Gasteiger partial charge is 0.247 e. The van der Waals surface area contributed by atoms with Crippen LogP contribution in [-0.4, -0.2) is 31.9 Å². The highest BCUT2D eigenvalue weighted by atomic mass is 16.3. The van der Waals surface area contributed by atoms with Crippen LogP contribution in [0, 0.1) is 6.92 Å². The fraction of sp³-hybridized carbons (Fsp3) is 0.235. The van der Waals surface area contributed by atoms with Gasteiger partial charge in [0.05, 0.1) is 17.7 Å². The highest BCUT2D eigenvalue weighted by Crippen LogP contribution is 2.20. The van der Waals surface area contributed by atoms with Crippen LogP contribution < -0.4 is 0 Å². The van der Waals surface area contributed by atoms with Gasteiger partial charge in [-0.15, -0.1) is 0 Å². The molecule has 0 spiro atoms. The van der Waals surface area contributed by atoms with Gasteiger partial charge < -0.3 is 9.32 Å². The first-order valence-electron chi connectivity index (χ1n) is 7.54. The number of aryl methyl sites for hydroxylation is 1. The fourth-order valence-electron chi connectivity index (χ4n) is 2.89. The highest BCUT2D eigenvalue weighted by Gasteiger charge is 2.22. The molecule has 4 heterocycles. The second-order valence-electron chi connectivity index (χ2n) is 5.64. The summed E-state index contributed by atoms with van der Waals surface area (Å²) in [6.45, 7) is 3.18. The van der Waals surface area contributed by atoms with Crippen LogP contribution in [0.2, 0.25) is 0 Å². The lowest BCUT2D eigenvalue weighted by atomic mass is 10.1. The lowest BCUT2D eigenvalue weighted by Crippen LogP contribution is -2.36. The Labute approximate surface area is 133 Å². The Morgan fingerprint density at radius 3 is 3.17 bits per heavy atom. The monoisotopic (exact) mass is 308 g/mol. The largest absolute Gasteiger partial charge is 0.465 e. The Kier molecular flexibility index (Phi) is 3.22. The Bertz CT molecular complexity index is 893. The average Bonchev–Trinajstić information content (AvgIpc) is 3.20. The van der Waals surface area contributed by atoms with Gasteiger partial charge in [-0.25, -0.2) is 9.50 Å². The first kappa shape index (κ1) is 13.8. The number of hydrogen-bond acceptors (Lipinski definition) is 4. The van der Waals surface area contributed by atoms with Gasteiger partial charge in [0.25, 0.3) is 0 Å². The Morgan fingerprint density at radius 2 is 2.35 bits per heavy atom. The Hall–Kier alpha value is -2.89. The van der Waals surface area contributed by atoms with Gasteiger partial charge in [-0.05, 0) is 25.1 Å². The third kappa shape index (κ3) is 2.52. The Balaban J connectivity index is 1.56. The van der Waals surface area contributed by atoms with E-state index in [0.717, 1.165) is 29.0 Å². The quantitative estimate of drug-likeness (QED) is 0.681. The summed E-state index contributed by atoms with van der Waals surface area (Å²) < 4.78 is 7.09. The van der Waals surface area contributed by atoms with E-state index < -0.39 is 0 Å². The summed E-state index contributed by atoms with van der Waals surface area (Å²) in [5.74, 6) is 0.648. The number of aromatic nitrogens is 3. The topological polar surface area (TPSA) is 63.6 Å². The molecule has 4 rings (SSSR count). The minimum atomic E-state index is -0.0243. The van der Waals surface area contributed by atoms with Crippen molar-refractivity contribution in [2.24, 2.45) is 0 Å². The van der Waals surface area contributed by atoms with Crippen LogP contribution in [-0.2, 0) is 17.8 Å². The molecule has 0 saturated heterocycles. The molecule has 0 radical (unpaired) electrons. The number of carbonyl (C=O) groups is 1. The molecule has 1 amide bonds. The van der Waals surface area contributed by atoms with E-state index in [2.05, 4.69) is 10.1 Å². The molecule has 0 fully saturated rings. The van der Waals surface area contributed by atoms with E-state index in [9.17, 15) is 4.79 Å². The fourth-order valence-corrected chi connectivity index (χ4v) is 2.89. The van der Waals surface area contributed by atoms with Gasteiger partial charge in [0.1, 0.15) is 5.76 Å². The van der Waals surface area contributed by atoms with Gasteiger partial charge >= 0.3 is 0 Å². The molecule has 0 saturated carbocycles. The van der Waals surface area contributed by atoms with Crippen molar-refractivity contribution < 1.29 is 9.21 Å². The maximum absolute atomic E-state index is 12.3. The molecule has 0 unspecified atom stereocenters. The number of carbonyl (C=O) groups excluding carboxylic acids is 1. The normalized spacial score (nSPS) is 14.6. The molecule has 6 heteroatoms. The molecule has 3 aromatic heterocycles. The number of rotatable bonds is 2. The van der Waals surface area contributed by atoms with Crippen molar-refractivity contribution in [1.29, 1.82) is 0 Å². The van der Waals surface area contributed by atoms with E-state index in [1.807, 2.05) is 34.7 Å². The second-order valence-corrected chi connectivity index (χ2v) is 5.64. The van der Waals surface area contributed by atoms with Crippen molar-refractivity contribution in [2.75, 3.05) is 6.54 Å². The van der Waals surface area contributed by atoms with Crippen molar-refractivity contribution in [2.45, 2.75) is 19.9 Å². The molecule has 6 nitrogen and oxygen atoms in total. The predicted molar refractivity (Wildman–Crippen MR) is 84.6 cm³/mol. The summed E-state index contributed by atoms with van der Waals surface area (Å²) >= 11 is 0. The second kappa shape index (κ2) is 5.39. The lowest BCUT2D eigenvalue weighted by Gasteiger charge is -2.27. The van der Waals surface area contributed by atoms with E-state index in [0.29, 0.717) is 18.8 Å². The van der Waals surface area contributed by atoms with Crippen molar-refractivity contribution in [3.63, 3.8) is 0 Å². The number of amides is 1. The molecule has 116 valence electrons. The van der Waals surface area contributed by atoms with Crippen molar-refractivity contribution in [1.82, 2.24) is 19.5 Å². The van der Waals surface area contributed by atoms with Crippen LogP contribution >= 0.6 is 0 Å². The molecular formula is C17H16N4O2. The van der Waals surface area contributed by atoms with Crippen molar-refractivity contribution in [3.05, 3.63) is 59.4 Å². The molecule has 1 aliphatic heterocycles. The third-order valence-electron chi connectivity index (χ3n) is 4.02. The van der Waals surface area contributed by atoms with E-state index >= 15 is 0 Å². The van der Waals surface area contributed by atoms with Crippen molar-refractivity contribution >= 4 is 17.6 Å². The molecule has 0 aromatic carbocycles. The summed E-state index contributed by atoms with van der Waals surface area (Å²) in [6, 6.07) is 5.57. The minimum absolute atomic E-state index is 0.0243. The summed E-state index contributed by atoms with van der Waals surface area (Å²) in [6.07, 6.45) is 7.45. The molecule has 0 atom stereocenters. The predicted octanol–water partition coefficient (Wildman–Crippen LogP) is 2.23.